The number of hydrogen-bond acceptors (Lipinski definition) is 7. The van der Waals surface area contributed by atoms with E-state index in [9.17, 15) is 9.90 Å². The molecule has 2 aromatic carbocycles. The largest absolute Gasteiger partial charge is 0.456 e. The summed E-state index contributed by atoms with van der Waals surface area (Å²) in [5.41, 5.74) is 2.47. The second kappa shape index (κ2) is 11.3. The molecule has 1 aliphatic carbocycles. The molecule has 0 spiro atoms. The summed E-state index contributed by atoms with van der Waals surface area (Å²) in [6.07, 6.45) is 12.9. The topological polar surface area (TPSA) is 99.6 Å². The third-order valence-electron chi connectivity index (χ3n) is 7.06. The van der Waals surface area contributed by atoms with Gasteiger partial charge in [0, 0.05) is 30.8 Å². The van der Waals surface area contributed by atoms with Crippen molar-refractivity contribution in [2.75, 3.05) is 29.9 Å². The number of β-amino-alcohol motifs (C(OH)–C–C–N with tert-alkyl or cyclic N) is 1. The number of carbonyl (C=O) groups is 1. The number of aliphatic hydroxyl groups excluding tert-OH is 1. The number of carbonyl (C=O) groups excluding carboxylic acids is 1. The zero-order valence-electron chi connectivity index (χ0n) is 21.0. The van der Waals surface area contributed by atoms with Crippen LogP contribution in [-0.2, 0) is 6.42 Å². The van der Waals surface area contributed by atoms with Gasteiger partial charge in [-0.25, -0.2) is 9.97 Å². The number of nitrogens with zero attached hydrogens (tertiary/aromatic N) is 3. The number of hydrogen-bond donors (Lipinski definition) is 3. The highest BCUT2D eigenvalue weighted by Crippen LogP contribution is 2.37. The minimum Gasteiger partial charge on any atom is -0.456 e. The summed E-state index contributed by atoms with van der Waals surface area (Å²) in [5, 5.41) is 16.2. The summed E-state index contributed by atoms with van der Waals surface area (Å²) in [7, 11) is 0. The molecule has 0 unspecified atom stereocenters. The molecule has 1 aromatic heterocycles. The van der Waals surface area contributed by atoms with Gasteiger partial charge in [-0.15, -0.1) is 6.42 Å². The van der Waals surface area contributed by atoms with Gasteiger partial charge in [-0.05, 0) is 49.2 Å². The van der Waals surface area contributed by atoms with Gasteiger partial charge in [0.1, 0.15) is 29.1 Å². The van der Waals surface area contributed by atoms with E-state index in [2.05, 4.69) is 31.4 Å². The number of amides is 1. The molecule has 3 aromatic rings. The second-order valence-corrected chi connectivity index (χ2v) is 10.0. The third kappa shape index (κ3) is 5.54. The van der Waals surface area contributed by atoms with Gasteiger partial charge in [0.15, 0.2) is 5.82 Å². The lowest BCUT2D eigenvalue weighted by molar-refractivity contribution is 0.0903. The summed E-state index contributed by atoms with van der Waals surface area (Å²) >= 11 is 6.57. The maximum Gasteiger partial charge on any atom is 0.252 e. The summed E-state index contributed by atoms with van der Waals surface area (Å²) in [5.74, 6) is 4.21. The zero-order valence-corrected chi connectivity index (χ0v) is 21.8. The van der Waals surface area contributed by atoms with Gasteiger partial charge in [-0.2, -0.15) is 0 Å². The Morgan fingerprint density at radius 2 is 2.03 bits per heavy atom. The molecule has 1 aliphatic heterocycles. The van der Waals surface area contributed by atoms with Crippen molar-refractivity contribution < 1.29 is 14.6 Å². The molecular weight excluding hydrogens is 502 g/mol. The summed E-state index contributed by atoms with van der Waals surface area (Å²) in [6.45, 7) is 1.36. The van der Waals surface area contributed by atoms with E-state index >= 15 is 0 Å². The number of terminal acetylenes is 1. The Hall–Kier alpha value is -3.80. The smallest absolute Gasteiger partial charge is 0.252 e. The number of anilines is 3. The van der Waals surface area contributed by atoms with Crippen molar-refractivity contribution in [3.05, 3.63) is 65.1 Å². The van der Waals surface area contributed by atoms with Crippen molar-refractivity contribution in [2.24, 2.45) is 0 Å². The molecule has 2 aliphatic rings. The molecule has 0 radical (unpaired) electrons. The lowest BCUT2D eigenvalue weighted by Gasteiger charge is -2.33. The highest BCUT2D eigenvalue weighted by molar-refractivity contribution is 6.32. The molecule has 0 bridgehead atoms. The number of ether oxygens (including phenoxy) is 1. The highest BCUT2D eigenvalue weighted by Gasteiger charge is 2.32. The first-order valence-corrected chi connectivity index (χ1v) is 13.2. The predicted molar refractivity (Wildman–Crippen MR) is 148 cm³/mol. The molecule has 9 heteroatoms. The molecule has 8 nitrogen and oxygen atoms in total. The van der Waals surface area contributed by atoms with Crippen molar-refractivity contribution in [1.29, 1.82) is 0 Å². The molecule has 1 saturated carbocycles. The fourth-order valence-corrected chi connectivity index (χ4v) is 5.31. The summed E-state index contributed by atoms with van der Waals surface area (Å²) < 4.78 is 6.03. The number of fused-ring (bicyclic) bond motifs is 1. The van der Waals surface area contributed by atoms with Crippen LogP contribution in [0.3, 0.4) is 0 Å². The van der Waals surface area contributed by atoms with Crippen LogP contribution in [0.5, 0.6) is 11.5 Å². The number of aliphatic hydroxyl groups is 1. The Balaban J connectivity index is 1.29. The molecule has 1 fully saturated rings. The first kappa shape index (κ1) is 25.8. The Morgan fingerprint density at radius 3 is 2.79 bits per heavy atom. The molecule has 0 atom stereocenters. The van der Waals surface area contributed by atoms with Crippen LogP contribution in [0.15, 0.2) is 48.8 Å². The van der Waals surface area contributed by atoms with Crippen LogP contribution in [0.1, 0.15) is 48.2 Å². The maximum atomic E-state index is 13.0. The average molecular weight is 532 g/mol. The van der Waals surface area contributed by atoms with Gasteiger partial charge in [0.05, 0.1) is 17.3 Å². The molecule has 5 rings (SSSR count). The van der Waals surface area contributed by atoms with Gasteiger partial charge in [0.2, 0.25) is 0 Å². The van der Waals surface area contributed by atoms with E-state index in [-0.39, 0.29) is 12.5 Å². The second-order valence-electron chi connectivity index (χ2n) is 9.62. The average Bonchev–Trinajstić information content (AvgIpc) is 3.35. The SMILES string of the molecule is C#CC1(NC(=O)c2cccc(Oc3ccc(Nc4ncnc5c4N(CCO)CC5)cc3Cl)c2)CCCCC1. The normalized spacial score (nSPS) is 15.9. The van der Waals surface area contributed by atoms with E-state index in [1.54, 1.807) is 36.4 Å². The van der Waals surface area contributed by atoms with Crippen LogP contribution < -0.4 is 20.3 Å². The zero-order chi connectivity index (χ0) is 26.5. The van der Waals surface area contributed by atoms with Crippen molar-refractivity contribution >= 4 is 34.7 Å². The van der Waals surface area contributed by atoms with Crippen molar-refractivity contribution in [2.45, 2.75) is 44.1 Å². The number of rotatable bonds is 8. The molecule has 0 saturated heterocycles. The molecular formula is C29H30ClN5O3. The molecule has 196 valence electrons. The monoisotopic (exact) mass is 531 g/mol. The van der Waals surface area contributed by atoms with E-state index in [1.807, 2.05) is 6.07 Å². The fourth-order valence-electron chi connectivity index (χ4n) is 5.10. The van der Waals surface area contributed by atoms with Crippen LogP contribution in [-0.4, -0.2) is 46.2 Å². The van der Waals surface area contributed by atoms with Gasteiger partial charge in [-0.3, -0.25) is 4.79 Å². The van der Waals surface area contributed by atoms with Gasteiger partial charge < -0.3 is 25.4 Å². The van der Waals surface area contributed by atoms with Crippen molar-refractivity contribution in [1.82, 2.24) is 15.3 Å². The first-order chi connectivity index (χ1) is 18.5. The van der Waals surface area contributed by atoms with E-state index in [0.717, 1.165) is 62.1 Å². The lowest BCUT2D eigenvalue weighted by Crippen LogP contribution is -2.48. The fraction of sp³-hybridized carbons (Fsp3) is 0.345. The number of nitrogens with one attached hydrogen (secondary N) is 2. The molecule has 2 heterocycles. The number of halogens is 1. The van der Waals surface area contributed by atoms with Crippen molar-refractivity contribution in [3.63, 3.8) is 0 Å². The van der Waals surface area contributed by atoms with Gasteiger partial charge in [-0.1, -0.05) is 42.9 Å². The Morgan fingerprint density at radius 1 is 1.18 bits per heavy atom. The van der Waals surface area contributed by atoms with Gasteiger partial charge in [0.25, 0.3) is 5.91 Å². The van der Waals surface area contributed by atoms with E-state index in [0.29, 0.717) is 34.4 Å². The number of aromatic nitrogens is 2. The molecule has 3 N–H and O–H groups in total. The maximum absolute atomic E-state index is 13.0. The van der Waals surface area contributed by atoms with E-state index in [4.69, 9.17) is 22.8 Å². The first-order valence-electron chi connectivity index (χ1n) is 12.8. The predicted octanol–water partition coefficient (Wildman–Crippen LogP) is 5.09. The molecule has 38 heavy (non-hydrogen) atoms. The standard InChI is InChI=1S/C29H30ClN5O3/c1-2-29(12-4-3-5-13-29)34-28(37)20-7-6-8-22(17-20)38-25-10-9-21(18-23(25)30)33-27-26-24(31-19-32-27)11-14-35(26)15-16-36/h1,6-10,17-19,36H,3-5,11-16H2,(H,34,37)(H,31,32,33). The van der Waals surface area contributed by atoms with Crippen LogP contribution in [0.25, 0.3) is 0 Å². The molecule has 1 amide bonds. The summed E-state index contributed by atoms with van der Waals surface area (Å²) in [6, 6.07) is 12.3. The quantitative estimate of drug-likeness (QED) is 0.348. The van der Waals surface area contributed by atoms with Crippen LogP contribution in [0, 0.1) is 12.3 Å². The van der Waals surface area contributed by atoms with Gasteiger partial charge >= 0.3 is 0 Å². The Bertz CT molecular complexity index is 1360. The lowest BCUT2D eigenvalue weighted by atomic mass is 9.82. The Kier molecular flexibility index (Phi) is 7.68. The Labute approximate surface area is 227 Å². The van der Waals surface area contributed by atoms with E-state index < -0.39 is 5.54 Å². The number of benzene rings is 2. The van der Waals surface area contributed by atoms with Crippen LogP contribution in [0.2, 0.25) is 5.02 Å². The van der Waals surface area contributed by atoms with Crippen LogP contribution in [0.4, 0.5) is 17.2 Å². The van der Waals surface area contributed by atoms with Crippen LogP contribution >= 0.6 is 11.6 Å². The summed E-state index contributed by atoms with van der Waals surface area (Å²) in [4.78, 5) is 23.8. The third-order valence-corrected chi connectivity index (χ3v) is 7.35. The van der Waals surface area contributed by atoms with E-state index in [1.165, 1.54) is 6.33 Å². The minimum atomic E-state index is -0.586. The van der Waals surface area contributed by atoms with Crippen molar-refractivity contribution in [3.8, 4) is 23.8 Å². The minimum absolute atomic E-state index is 0.0548. The highest BCUT2D eigenvalue weighted by atomic mass is 35.5.